The van der Waals surface area contributed by atoms with E-state index < -0.39 is 0 Å². The van der Waals surface area contributed by atoms with Crippen LogP contribution in [0.25, 0.3) is 0 Å². The van der Waals surface area contributed by atoms with Gasteiger partial charge in [-0.2, -0.15) is 0 Å². The Morgan fingerprint density at radius 1 is 1.44 bits per heavy atom. The molecule has 1 heterocycles. The summed E-state index contributed by atoms with van der Waals surface area (Å²) in [6, 6.07) is 0. The Morgan fingerprint density at radius 3 is 2.33 bits per heavy atom. The Labute approximate surface area is 61.6 Å². The van der Waals surface area contributed by atoms with Crippen molar-refractivity contribution in [1.29, 1.82) is 0 Å². The first-order valence-electron chi connectivity index (χ1n) is 3.28. The third kappa shape index (κ3) is 2.16. The van der Waals surface area contributed by atoms with E-state index in [4.69, 9.17) is 17.4 Å². The zero-order valence-electron chi connectivity index (χ0n) is 5.67. The van der Waals surface area contributed by atoms with Crippen molar-refractivity contribution >= 4 is 12.6 Å². The van der Waals surface area contributed by atoms with Gasteiger partial charge in [-0.25, -0.2) is 0 Å². The summed E-state index contributed by atoms with van der Waals surface area (Å²) in [4.78, 5) is 2.25. The highest BCUT2D eigenvalue weighted by Crippen LogP contribution is 2.05. The van der Waals surface area contributed by atoms with Gasteiger partial charge in [0.05, 0.1) is 18.6 Å². The Morgan fingerprint density at radius 2 is 2.00 bits per heavy atom. The van der Waals surface area contributed by atoms with Gasteiger partial charge in [0.2, 0.25) is 0 Å². The Hall–Kier alpha value is 0.270. The van der Waals surface area contributed by atoms with E-state index in [0.29, 0.717) is 0 Å². The molecule has 0 N–H and O–H groups in total. The fraction of sp³-hybridized carbons (Fsp3) is 1.00. The zero-order valence-corrected chi connectivity index (χ0v) is 6.49. The molecule has 1 radical (unpaired) electrons. The van der Waals surface area contributed by atoms with Crippen LogP contribution in [0, 0.1) is 0 Å². The van der Waals surface area contributed by atoms with E-state index in [1.807, 2.05) is 6.92 Å². The molecular weight excluding hydrogens is 134 g/mol. The van der Waals surface area contributed by atoms with Crippen LogP contribution in [-0.2, 0) is 4.74 Å². The minimum Gasteiger partial charge on any atom is -0.379 e. The standard InChI is InChI=1S/C6H12NOS/c1-6(9)7-2-4-8-5-3-7/h6H,2-5H2,1H3. The summed E-state index contributed by atoms with van der Waals surface area (Å²) in [5.41, 5.74) is 0. The van der Waals surface area contributed by atoms with E-state index >= 15 is 0 Å². The van der Waals surface area contributed by atoms with Gasteiger partial charge < -0.3 is 4.74 Å². The van der Waals surface area contributed by atoms with Crippen molar-refractivity contribution in [2.75, 3.05) is 26.3 Å². The highest BCUT2D eigenvalue weighted by Gasteiger charge is 2.13. The SMILES string of the molecule is CC([S])N1CCOCC1. The van der Waals surface area contributed by atoms with Gasteiger partial charge in [0.1, 0.15) is 0 Å². The van der Waals surface area contributed by atoms with Crippen LogP contribution in [0.2, 0.25) is 0 Å². The minimum absolute atomic E-state index is 0.272. The van der Waals surface area contributed by atoms with Crippen LogP contribution in [0.1, 0.15) is 6.92 Å². The molecule has 1 saturated heterocycles. The molecule has 1 fully saturated rings. The van der Waals surface area contributed by atoms with Crippen molar-refractivity contribution in [3.63, 3.8) is 0 Å². The van der Waals surface area contributed by atoms with Gasteiger partial charge in [-0.05, 0) is 6.92 Å². The molecule has 1 aliphatic heterocycles. The highest BCUT2D eigenvalue weighted by atomic mass is 32.1. The summed E-state index contributed by atoms with van der Waals surface area (Å²) in [5, 5.41) is 0.272. The molecule has 9 heavy (non-hydrogen) atoms. The molecule has 1 rings (SSSR count). The van der Waals surface area contributed by atoms with Crippen molar-refractivity contribution in [3.8, 4) is 0 Å². The Kier molecular flexibility index (Phi) is 2.82. The number of ether oxygens (including phenoxy) is 1. The van der Waals surface area contributed by atoms with Crippen molar-refractivity contribution in [2.24, 2.45) is 0 Å². The number of nitrogens with zero attached hydrogens (tertiary/aromatic N) is 1. The molecule has 1 unspecified atom stereocenters. The normalized spacial score (nSPS) is 26.0. The van der Waals surface area contributed by atoms with Crippen molar-refractivity contribution in [3.05, 3.63) is 0 Å². The maximum Gasteiger partial charge on any atom is 0.0635 e. The first-order chi connectivity index (χ1) is 4.30. The quantitative estimate of drug-likeness (QED) is 0.544. The molecular formula is C6H12NOS. The van der Waals surface area contributed by atoms with E-state index in [0.717, 1.165) is 26.3 Å². The lowest BCUT2D eigenvalue weighted by atomic mass is 10.4. The Balaban J connectivity index is 2.23. The van der Waals surface area contributed by atoms with Crippen molar-refractivity contribution in [1.82, 2.24) is 4.90 Å². The Bertz CT molecular complexity index is 81.1. The van der Waals surface area contributed by atoms with Crippen LogP contribution in [0.5, 0.6) is 0 Å². The maximum atomic E-state index is 5.16. The molecule has 0 spiro atoms. The van der Waals surface area contributed by atoms with E-state index in [-0.39, 0.29) is 5.37 Å². The van der Waals surface area contributed by atoms with Crippen LogP contribution in [-0.4, -0.2) is 36.6 Å². The number of morpholine rings is 1. The molecule has 0 bridgehead atoms. The van der Waals surface area contributed by atoms with E-state index in [9.17, 15) is 0 Å². The van der Waals surface area contributed by atoms with Crippen LogP contribution in [0.15, 0.2) is 0 Å². The third-order valence-electron chi connectivity index (χ3n) is 1.56. The maximum absolute atomic E-state index is 5.16. The molecule has 0 amide bonds. The lowest BCUT2D eigenvalue weighted by Gasteiger charge is -2.28. The smallest absolute Gasteiger partial charge is 0.0635 e. The summed E-state index contributed by atoms with van der Waals surface area (Å²) >= 11 is 5.07. The van der Waals surface area contributed by atoms with Crippen LogP contribution in [0.4, 0.5) is 0 Å². The second-order valence-corrected chi connectivity index (χ2v) is 2.93. The molecule has 0 aromatic carbocycles. The molecule has 0 aliphatic carbocycles. The molecule has 2 nitrogen and oxygen atoms in total. The predicted molar refractivity (Wildman–Crippen MR) is 39.4 cm³/mol. The number of hydrogen-bond acceptors (Lipinski definition) is 2. The average Bonchev–Trinajstić information content (AvgIpc) is 1.90. The first kappa shape index (κ1) is 7.38. The monoisotopic (exact) mass is 146 g/mol. The molecule has 53 valence electrons. The van der Waals surface area contributed by atoms with Gasteiger partial charge in [-0.1, -0.05) is 12.6 Å². The summed E-state index contributed by atoms with van der Waals surface area (Å²) in [7, 11) is 0. The second kappa shape index (κ2) is 3.44. The number of rotatable bonds is 1. The van der Waals surface area contributed by atoms with Gasteiger partial charge in [0, 0.05) is 13.1 Å². The average molecular weight is 146 g/mol. The van der Waals surface area contributed by atoms with E-state index in [1.165, 1.54) is 0 Å². The predicted octanol–water partition coefficient (Wildman–Crippen LogP) is 0.862. The second-order valence-electron chi connectivity index (χ2n) is 2.25. The molecule has 0 aromatic heterocycles. The fourth-order valence-corrected chi connectivity index (χ4v) is 1.15. The van der Waals surface area contributed by atoms with Gasteiger partial charge in [0.25, 0.3) is 0 Å². The van der Waals surface area contributed by atoms with Crippen LogP contribution in [0.3, 0.4) is 0 Å². The van der Waals surface area contributed by atoms with Crippen molar-refractivity contribution in [2.45, 2.75) is 12.3 Å². The van der Waals surface area contributed by atoms with Crippen molar-refractivity contribution < 1.29 is 4.74 Å². The molecule has 0 aromatic rings. The van der Waals surface area contributed by atoms with Crippen LogP contribution >= 0.6 is 12.6 Å². The summed E-state index contributed by atoms with van der Waals surface area (Å²) in [6.45, 7) is 5.75. The molecule has 3 heteroatoms. The van der Waals surface area contributed by atoms with Gasteiger partial charge in [-0.3, -0.25) is 4.90 Å². The minimum atomic E-state index is 0.272. The lowest BCUT2D eigenvalue weighted by Crippen LogP contribution is -2.39. The van der Waals surface area contributed by atoms with E-state index in [2.05, 4.69) is 4.90 Å². The fourth-order valence-electron chi connectivity index (χ4n) is 0.941. The summed E-state index contributed by atoms with van der Waals surface area (Å²) in [6.07, 6.45) is 0. The largest absolute Gasteiger partial charge is 0.379 e. The molecule has 1 aliphatic rings. The van der Waals surface area contributed by atoms with Gasteiger partial charge in [-0.15, -0.1) is 0 Å². The van der Waals surface area contributed by atoms with Gasteiger partial charge >= 0.3 is 0 Å². The van der Waals surface area contributed by atoms with E-state index in [1.54, 1.807) is 0 Å². The summed E-state index contributed by atoms with van der Waals surface area (Å²) in [5.74, 6) is 0. The molecule has 0 saturated carbocycles. The highest BCUT2D eigenvalue weighted by molar-refractivity contribution is 7.80. The van der Waals surface area contributed by atoms with Crippen LogP contribution < -0.4 is 0 Å². The number of hydrogen-bond donors (Lipinski definition) is 0. The topological polar surface area (TPSA) is 12.5 Å². The zero-order chi connectivity index (χ0) is 6.69. The third-order valence-corrected chi connectivity index (χ3v) is 1.86. The first-order valence-corrected chi connectivity index (χ1v) is 3.75. The molecule has 1 atom stereocenters. The van der Waals surface area contributed by atoms with Gasteiger partial charge in [0.15, 0.2) is 0 Å². The summed E-state index contributed by atoms with van der Waals surface area (Å²) < 4.78 is 5.16. The lowest BCUT2D eigenvalue weighted by molar-refractivity contribution is 0.0354.